The van der Waals surface area contributed by atoms with Crippen molar-refractivity contribution in [2.24, 2.45) is 0 Å². The second kappa shape index (κ2) is 6.74. The van der Waals surface area contributed by atoms with E-state index < -0.39 is 0 Å². The number of halogens is 1. The summed E-state index contributed by atoms with van der Waals surface area (Å²) in [7, 11) is 0. The van der Waals surface area contributed by atoms with Gasteiger partial charge in [-0.2, -0.15) is 0 Å². The van der Waals surface area contributed by atoms with Crippen molar-refractivity contribution in [1.82, 2.24) is 9.88 Å². The van der Waals surface area contributed by atoms with Crippen molar-refractivity contribution >= 4 is 28.9 Å². The molecule has 1 aromatic heterocycles. The summed E-state index contributed by atoms with van der Waals surface area (Å²) < 4.78 is 0. The highest BCUT2D eigenvalue weighted by Gasteiger charge is 2.29. The number of rotatable bonds is 6. The molecule has 0 radical (unpaired) electrons. The molecule has 0 saturated carbocycles. The lowest BCUT2D eigenvalue weighted by atomic mass is 9.94. The fraction of sp³-hybridized carbons (Fsp3) is 0.500. The van der Waals surface area contributed by atoms with Gasteiger partial charge in [0.15, 0.2) is 0 Å². The summed E-state index contributed by atoms with van der Waals surface area (Å²) in [6, 6.07) is 6.18. The number of benzene rings is 1. The van der Waals surface area contributed by atoms with Crippen LogP contribution in [-0.4, -0.2) is 22.8 Å². The molecule has 4 heteroatoms. The van der Waals surface area contributed by atoms with Crippen LogP contribution in [0, 0.1) is 0 Å². The van der Waals surface area contributed by atoms with E-state index in [-0.39, 0.29) is 6.04 Å². The number of nitrogens with zero attached hydrogens (tertiary/aromatic N) is 1. The maximum Gasteiger partial charge on any atom is 0.210 e. The van der Waals surface area contributed by atoms with Gasteiger partial charge in [-0.3, -0.25) is 4.79 Å². The van der Waals surface area contributed by atoms with E-state index in [0.717, 1.165) is 36.3 Å². The lowest BCUT2D eigenvalue weighted by Crippen LogP contribution is -2.34. The van der Waals surface area contributed by atoms with Gasteiger partial charge in [0.1, 0.15) is 0 Å². The van der Waals surface area contributed by atoms with Gasteiger partial charge >= 0.3 is 0 Å². The molecule has 22 heavy (non-hydrogen) atoms. The summed E-state index contributed by atoms with van der Waals surface area (Å²) >= 11 is 6.15. The quantitative estimate of drug-likeness (QED) is 0.600. The average molecular weight is 319 g/mol. The van der Waals surface area contributed by atoms with Gasteiger partial charge in [-0.25, -0.2) is 0 Å². The standard InChI is InChI=1S/C18H23ClN2O/c1-2-3-4-5-6-17-18-14(9-10-21(17)12-22)15-11-13(19)7-8-16(15)20-18/h7-8,11-12,17,20H,2-6,9-10H2,1H3. The number of carbonyl (C=O) groups excluding carboxylic acids is 1. The zero-order valence-corrected chi connectivity index (χ0v) is 13.8. The van der Waals surface area contributed by atoms with Gasteiger partial charge in [0.25, 0.3) is 0 Å². The highest BCUT2D eigenvalue weighted by molar-refractivity contribution is 6.31. The first-order valence-electron chi connectivity index (χ1n) is 8.25. The largest absolute Gasteiger partial charge is 0.356 e. The summed E-state index contributed by atoms with van der Waals surface area (Å²) in [5, 5.41) is 1.98. The van der Waals surface area contributed by atoms with E-state index in [1.54, 1.807) is 0 Å². The Morgan fingerprint density at radius 2 is 2.23 bits per heavy atom. The van der Waals surface area contributed by atoms with Crippen LogP contribution in [0.4, 0.5) is 0 Å². The van der Waals surface area contributed by atoms with Gasteiger partial charge in [-0.05, 0) is 36.6 Å². The van der Waals surface area contributed by atoms with E-state index in [4.69, 9.17) is 11.6 Å². The van der Waals surface area contributed by atoms with Gasteiger partial charge in [-0.15, -0.1) is 0 Å². The molecule has 1 aromatic carbocycles. The highest BCUT2D eigenvalue weighted by atomic mass is 35.5. The fourth-order valence-corrected chi connectivity index (χ4v) is 3.73. The van der Waals surface area contributed by atoms with Crippen molar-refractivity contribution in [2.75, 3.05) is 6.54 Å². The molecule has 1 unspecified atom stereocenters. The molecule has 2 heterocycles. The molecular weight excluding hydrogens is 296 g/mol. The molecule has 1 aliphatic heterocycles. The van der Waals surface area contributed by atoms with Crippen LogP contribution in [0.3, 0.4) is 0 Å². The van der Waals surface area contributed by atoms with Crippen LogP contribution >= 0.6 is 11.6 Å². The van der Waals surface area contributed by atoms with Crippen LogP contribution in [0.1, 0.15) is 56.3 Å². The first-order valence-corrected chi connectivity index (χ1v) is 8.63. The molecule has 1 aliphatic rings. The number of aromatic nitrogens is 1. The number of amides is 1. The molecule has 3 rings (SSSR count). The van der Waals surface area contributed by atoms with Crippen molar-refractivity contribution in [3.63, 3.8) is 0 Å². The molecule has 118 valence electrons. The molecule has 1 N–H and O–H groups in total. The van der Waals surface area contributed by atoms with Crippen LogP contribution in [-0.2, 0) is 11.2 Å². The Morgan fingerprint density at radius 1 is 1.36 bits per heavy atom. The average Bonchev–Trinajstić information content (AvgIpc) is 2.89. The van der Waals surface area contributed by atoms with Crippen molar-refractivity contribution in [2.45, 2.75) is 51.5 Å². The zero-order chi connectivity index (χ0) is 15.5. The number of H-pyrrole nitrogens is 1. The van der Waals surface area contributed by atoms with Gasteiger partial charge < -0.3 is 9.88 Å². The third kappa shape index (κ3) is 2.87. The van der Waals surface area contributed by atoms with Crippen molar-refractivity contribution < 1.29 is 4.79 Å². The minimum atomic E-state index is 0.185. The Morgan fingerprint density at radius 3 is 3.00 bits per heavy atom. The lowest BCUT2D eigenvalue weighted by Gasteiger charge is -2.33. The fourth-order valence-electron chi connectivity index (χ4n) is 3.56. The Kier molecular flexibility index (Phi) is 4.72. The van der Waals surface area contributed by atoms with Gasteiger partial charge in [0.05, 0.1) is 6.04 Å². The number of unbranched alkanes of at least 4 members (excludes halogenated alkanes) is 3. The number of hydrogen-bond acceptors (Lipinski definition) is 1. The summed E-state index contributed by atoms with van der Waals surface area (Å²) in [4.78, 5) is 16.9. The van der Waals surface area contributed by atoms with Gasteiger partial charge in [-0.1, -0.05) is 44.2 Å². The highest BCUT2D eigenvalue weighted by Crippen LogP contribution is 2.37. The molecule has 1 amide bonds. The van der Waals surface area contributed by atoms with E-state index in [9.17, 15) is 4.79 Å². The van der Waals surface area contributed by atoms with Gasteiger partial charge in [0, 0.05) is 28.2 Å². The molecule has 0 spiro atoms. The smallest absolute Gasteiger partial charge is 0.210 e. The third-order valence-electron chi connectivity index (χ3n) is 4.72. The maximum absolute atomic E-state index is 11.4. The van der Waals surface area contributed by atoms with Crippen LogP contribution in [0.15, 0.2) is 18.2 Å². The predicted octanol–water partition coefficient (Wildman–Crippen LogP) is 4.85. The molecule has 3 nitrogen and oxygen atoms in total. The van der Waals surface area contributed by atoms with E-state index in [1.807, 2.05) is 23.1 Å². The summed E-state index contributed by atoms with van der Waals surface area (Å²) in [5.74, 6) is 0. The normalized spacial score (nSPS) is 17.7. The van der Waals surface area contributed by atoms with E-state index in [2.05, 4.69) is 11.9 Å². The lowest BCUT2D eigenvalue weighted by molar-refractivity contribution is -0.121. The van der Waals surface area contributed by atoms with Crippen LogP contribution in [0.5, 0.6) is 0 Å². The number of aromatic amines is 1. The molecule has 0 fully saturated rings. The Hall–Kier alpha value is -1.48. The maximum atomic E-state index is 11.4. The van der Waals surface area contributed by atoms with E-state index >= 15 is 0 Å². The molecule has 0 saturated heterocycles. The molecule has 0 aliphatic carbocycles. The number of carbonyl (C=O) groups is 1. The predicted molar refractivity (Wildman–Crippen MR) is 91.3 cm³/mol. The zero-order valence-electron chi connectivity index (χ0n) is 13.1. The first-order chi connectivity index (χ1) is 10.7. The molecule has 0 bridgehead atoms. The Bertz CT molecular complexity index is 664. The molecular formula is C18H23ClN2O. The second-order valence-electron chi connectivity index (χ2n) is 6.17. The monoisotopic (exact) mass is 318 g/mol. The van der Waals surface area contributed by atoms with Gasteiger partial charge in [0.2, 0.25) is 6.41 Å². The van der Waals surface area contributed by atoms with E-state index in [1.165, 1.54) is 42.3 Å². The second-order valence-corrected chi connectivity index (χ2v) is 6.60. The molecule has 1 atom stereocenters. The number of nitrogens with one attached hydrogen (secondary N) is 1. The summed E-state index contributed by atoms with van der Waals surface area (Å²) in [6.07, 6.45) is 7.85. The summed E-state index contributed by atoms with van der Waals surface area (Å²) in [5.41, 5.74) is 3.68. The van der Waals surface area contributed by atoms with Crippen molar-refractivity contribution in [1.29, 1.82) is 0 Å². The number of hydrogen-bond donors (Lipinski definition) is 1. The minimum Gasteiger partial charge on any atom is -0.356 e. The minimum absolute atomic E-state index is 0.185. The van der Waals surface area contributed by atoms with Crippen LogP contribution < -0.4 is 0 Å². The Labute approximate surface area is 136 Å². The Balaban J connectivity index is 1.91. The van der Waals surface area contributed by atoms with E-state index in [0.29, 0.717) is 0 Å². The summed E-state index contributed by atoms with van der Waals surface area (Å²) in [6.45, 7) is 3.02. The van der Waals surface area contributed by atoms with Crippen molar-refractivity contribution in [3.05, 3.63) is 34.5 Å². The number of fused-ring (bicyclic) bond motifs is 3. The van der Waals surface area contributed by atoms with Crippen LogP contribution in [0.2, 0.25) is 5.02 Å². The topological polar surface area (TPSA) is 36.1 Å². The third-order valence-corrected chi connectivity index (χ3v) is 4.96. The SMILES string of the molecule is CCCCCCC1c2[nH]c3ccc(Cl)cc3c2CCN1C=O. The van der Waals surface area contributed by atoms with Crippen molar-refractivity contribution in [3.8, 4) is 0 Å². The first kappa shape index (κ1) is 15.4. The van der Waals surface area contributed by atoms with Crippen LogP contribution in [0.25, 0.3) is 10.9 Å². The molecule has 2 aromatic rings.